The number of benzene rings is 1. The number of hydrogen-bond donors (Lipinski definition) is 1. The normalized spacial score (nSPS) is 12.4. The first-order valence-electron chi connectivity index (χ1n) is 6.28. The Kier molecular flexibility index (Phi) is 4.49. The van der Waals surface area contributed by atoms with Crippen LogP contribution in [0.3, 0.4) is 0 Å². The van der Waals surface area contributed by atoms with Crippen molar-refractivity contribution in [3.05, 3.63) is 57.8 Å². The van der Waals surface area contributed by atoms with Gasteiger partial charge in [-0.2, -0.15) is 0 Å². The van der Waals surface area contributed by atoms with Crippen LogP contribution in [0.25, 0.3) is 0 Å². The lowest BCUT2D eigenvalue weighted by molar-refractivity contribution is 0.0926. The third kappa shape index (κ3) is 3.22. The molecule has 0 radical (unpaired) electrons. The lowest BCUT2D eigenvalue weighted by atomic mass is 10.0. The highest BCUT2D eigenvalue weighted by Crippen LogP contribution is 2.26. The van der Waals surface area contributed by atoms with E-state index in [4.69, 9.17) is 0 Å². The largest absolute Gasteiger partial charge is 0.344 e. The molecular formula is C15H15F2NOS. The Morgan fingerprint density at radius 1 is 1.20 bits per heavy atom. The zero-order valence-corrected chi connectivity index (χ0v) is 12.0. The van der Waals surface area contributed by atoms with E-state index in [2.05, 4.69) is 5.32 Å². The van der Waals surface area contributed by atoms with E-state index >= 15 is 0 Å². The lowest BCUT2D eigenvalue weighted by Gasteiger charge is -2.21. The Bertz CT molecular complexity index is 596. The minimum absolute atomic E-state index is 0.117. The molecule has 0 aliphatic carbocycles. The highest BCUT2D eigenvalue weighted by Gasteiger charge is 2.20. The standard InChI is InChI=1S/C15H15F2NOS/c1-9(2)14(13-4-3-7-20-13)18-15(19)10-5-6-11(16)12(17)8-10/h3-9,14H,1-2H3,(H,18,19)/t14-/m0/s1. The minimum atomic E-state index is -1.02. The maximum Gasteiger partial charge on any atom is 0.251 e. The van der Waals surface area contributed by atoms with E-state index in [-0.39, 0.29) is 17.5 Å². The summed E-state index contributed by atoms with van der Waals surface area (Å²) in [6.45, 7) is 3.99. The topological polar surface area (TPSA) is 29.1 Å². The van der Waals surface area contributed by atoms with Crippen molar-refractivity contribution in [1.82, 2.24) is 5.32 Å². The van der Waals surface area contributed by atoms with Crippen LogP contribution in [0.2, 0.25) is 0 Å². The molecule has 0 unspecified atom stereocenters. The SMILES string of the molecule is CC(C)[C@H](NC(=O)c1ccc(F)c(F)c1)c1cccs1. The zero-order valence-electron chi connectivity index (χ0n) is 11.2. The average Bonchev–Trinajstić information content (AvgIpc) is 2.92. The Labute approximate surface area is 120 Å². The Morgan fingerprint density at radius 2 is 1.95 bits per heavy atom. The Hall–Kier alpha value is -1.75. The van der Waals surface area contributed by atoms with Crippen LogP contribution in [0.4, 0.5) is 8.78 Å². The molecule has 2 aromatic rings. The molecular weight excluding hydrogens is 280 g/mol. The zero-order chi connectivity index (χ0) is 14.7. The number of hydrogen-bond acceptors (Lipinski definition) is 2. The van der Waals surface area contributed by atoms with Crippen molar-refractivity contribution < 1.29 is 13.6 Å². The van der Waals surface area contributed by atoms with Crippen LogP contribution in [0.1, 0.15) is 35.1 Å². The molecule has 1 atom stereocenters. The van der Waals surface area contributed by atoms with Crippen molar-refractivity contribution in [1.29, 1.82) is 0 Å². The van der Waals surface area contributed by atoms with Gasteiger partial charge in [0, 0.05) is 10.4 Å². The summed E-state index contributed by atoms with van der Waals surface area (Å²) >= 11 is 1.55. The molecule has 1 aromatic carbocycles. The second-order valence-electron chi connectivity index (χ2n) is 4.84. The molecule has 5 heteroatoms. The lowest BCUT2D eigenvalue weighted by Crippen LogP contribution is -2.31. The molecule has 0 saturated carbocycles. The van der Waals surface area contributed by atoms with Gasteiger partial charge in [-0.25, -0.2) is 8.78 Å². The first kappa shape index (κ1) is 14.7. The maximum absolute atomic E-state index is 13.2. The summed E-state index contributed by atoms with van der Waals surface area (Å²) in [6, 6.07) is 6.87. The smallest absolute Gasteiger partial charge is 0.251 e. The van der Waals surface area contributed by atoms with Crippen molar-refractivity contribution >= 4 is 17.2 Å². The average molecular weight is 295 g/mol. The van der Waals surface area contributed by atoms with Gasteiger partial charge in [0.15, 0.2) is 11.6 Å². The quantitative estimate of drug-likeness (QED) is 0.902. The number of amides is 1. The van der Waals surface area contributed by atoms with Crippen LogP contribution in [-0.4, -0.2) is 5.91 Å². The fourth-order valence-electron chi connectivity index (χ4n) is 1.90. The molecule has 0 bridgehead atoms. The van der Waals surface area contributed by atoms with Crippen LogP contribution in [0, 0.1) is 17.6 Å². The second kappa shape index (κ2) is 6.13. The number of rotatable bonds is 4. The number of halogens is 2. The molecule has 1 N–H and O–H groups in total. The number of carbonyl (C=O) groups is 1. The van der Waals surface area contributed by atoms with Crippen LogP contribution in [0.5, 0.6) is 0 Å². The van der Waals surface area contributed by atoms with Gasteiger partial charge in [-0.05, 0) is 35.6 Å². The first-order valence-corrected chi connectivity index (χ1v) is 7.16. The van der Waals surface area contributed by atoms with Gasteiger partial charge in [-0.1, -0.05) is 19.9 Å². The monoisotopic (exact) mass is 295 g/mol. The molecule has 1 amide bonds. The summed E-state index contributed by atoms with van der Waals surface area (Å²) in [6.07, 6.45) is 0. The highest BCUT2D eigenvalue weighted by atomic mass is 32.1. The Balaban J connectivity index is 2.18. The molecule has 20 heavy (non-hydrogen) atoms. The van der Waals surface area contributed by atoms with Gasteiger partial charge in [0.05, 0.1) is 6.04 Å². The maximum atomic E-state index is 13.2. The summed E-state index contributed by atoms with van der Waals surface area (Å²) in [4.78, 5) is 13.2. The number of carbonyl (C=O) groups excluding carboxylic acids is 1. The predicted molar refractivity (Wildman–Crippen MR) is 75.7 cm³/mol. The molecule has 0 spiro atoms. The van der Waals surface area contributed by atoms with Crippen molar-refractivity contribution in [2.24, 2.45) is 5.92 Å². The summed E-state index contributed by atoms with van der Waals surface area (Å²) in [5.41, 5.74) is 0.117. The van der Waals surface area contributed by atoms with Crippen molar-refractivity contribution in [2.45, 2.75) is 19.9 Å². The number of thiophene rings is 1. The van der Waals surface area contributed by atoms with Crippen LogP contribution in [0.15, 0.2) is 35.7 Å². The molecule has 106 valence electrons. The fraction of sp³-hybridized carbons (Fsp3) is 0.267. The van der Waals surface area contributed by atoms with Gasteiger partial charge in [-0.15, -0.1) is 11.3 Å². The van der Waals surface area contributed by atoms with E-state index in [0.29, 0.717) is 0 Å². The van der Waals surface area contributed by atoms with Crippen molar-refractivity contribution in [3.63, 3.8) is 0 Å². The fourth-order valence-corrected chi connectivity index (χ4v) is 2.85. The van der Waals surface area contributed by atoms with Crippen LogP contribution < -0.4 is 5.32 Å². The molecule has 0 aliphatic heterocycles. The second-order valence-corrected chi connectivity index (χ2v) is 5.82. The van der Waals surface area contributed by atoms with E-state index < -0.39 is 17.5 Å². The van der Waals surface area contributed by atoms with E-state index in [1.54, 1.807) is 11.3 Å². The van der Waals surface area contributed by atoms with E-state index in [1.165, 1.54) is 6.07 Å². The van der Waals surface area contributed by atoms with Gasteiger partial charge in [0.25, 0.3) is 5.91 Å². The van der Waals surface area contributed by atoms with Crippen molar-refractivity contribution in [2.75, 3.05) is 0 Å². The van der Waals surface area contributed by atoms with Crippen LogP contribution >= 0.6 is 11.3 Å². The van der Waals surface area contributed by atoms with E-state index in [1.807, 2.05) is 31.4 Å². The molecule has 1 heterocycles. The molecule has 2 nitrogen and oxygen atoms in total. The van der Waals surface area contributed by atoms with E-state index in [0.717, 1.165) is 17.0 Å². The summed E-state index contributed by atoms with van der Waals surface area (Å²) in [5.74, 6) is -2.19. The summed E-state index contributed by atoms with van der Waals surface area (Å²) < 4.78 is 26.0. The van der Waals surface area contributed by atoms with Gasteiger partial charge >= 0.3 is 0 Å². The minimum Gasteiger partial charge on any atom is -0.344 e. The highest BCUT2D eigenvalue weighted by molar-refractivity contribution is 7.10. The number of nitrogens with one attached hydrogen (secondary N) is 1. The predicted octanol–water partition coefficient (Wildman–Crippen LogP) is 4.15. The van der Waals surface area contributed by atoms with Crippen molar-refractivity contribution in [3.8, 4) is 0 Å². The summed E-state index contributed by atoms with van der Waals surface area (Å²) in [7, 11) is 0. The van der Waals surface area contributed by atoms with Gasteiger partial charge in [0.1, 0.15) is 0 Å². The molecule has 0 aliphatic rings. The Morgan fingerprint density at radius 3 is 2.50 bits per heavy atom. The third-order valence-electron chi connectivity index (χ3n) is 2.98. The summed E-state index contributed by atoms with van der Waals surface area (Å²) in [5, 5.41) is 4.80. The first-order chi connectivity index (χ1) is 9.49. The van der Waals surface area contributed by atoms with Gasteiger partial charge in [0.2, 0.25) is 0 Å². The molecule has 2 rings (SSSR count). The third-order valence-corrected chi connectivity index (χ3v) is 3.94. The van der Waals surface area contributed by atoms with E-state index in [9.17, 15) is 13.6 Å². The molecule has 1 aromatic heterocycles. The van der Waals surface area contributed by atoms with Crippen LogP contribution in [-0.2, 0) is 0 Å². The molecule has 0 fully saturated rings. The van der Waals surface area contributed by atoms with Gasteiger partial charge in [-0.3, -0.25) is 4.79 Å². The molecule has 0 saturated heterocycles. The van der Waals surface area contributed by atoms with Gasteiger partial charge < -0.3 is 5.32 Å².